The number of carboxylic acids is 2. The van der Waals surface area contributed by atoms with Crippen molar-refractivity contribution >= 4 is 29.0 Å². The smallest absolute Gasteiger partial charge is 0.337 e. The molecule has 2 heterocycles. The van der Waals surface area contributed by atoms with E-state index in [1.54, 1.807) is 6.20 Å². The second kappa shape index (κ2) is 15.7. The maximum atomic E-state index is 11.4. The minimum atomic E-state index is -0.962. The van der Waals surface area contributed by atoms with Crippen LogP contribution < -0.4 is 26.4 Å². The Balaban J connectivity index is 0.000000416. The predicted octanol–water partition coefficient (Wildman–Crippen LogP) is 5.18. The molecule has 1 aliphatic heterocycles. The van der Waals surface area contributed by atoms with Crippen LogP contribution in [-0.4, -0.2) is 59.9 Å². The molecule has 226 valence electrons. The van der Waals surface area contributed by atoms with Crippen molar-refractivity contribution < 1.29 is 24.5 Å². The molecule has 42 heavy (non-hydrogen) atoms. The van der Waals surface area contributed by atoms with Crippen molar-refractivity contribution in [2.75, 3.05) is 37.0 Å². The van der Waals surface area contributed by atoms with Crippen LogP contribution in [0.4, 0.5) is 17.1 Å². The summed E-state index contributed by atoms with van der Waals surface area (Å²) in [4.78, 5) is 27.8. The number of pyridine rings is 1. The van der Waals surface area contributed by atoms with E-state index in [2.05, 4.69) is 78.6 Å². The van der Waals surface area contributed by atoms with Gasteiger partial charge in [0.05, 0.1) is 24.1 Å². The van der Waals surface area contributed by atoms with E-state index < -0.39 is 18.0 Å². The molecule has 0 bridgehead atoms. The van der Waals surface area contributed by atoms with Crippen LogP contribution in [0.3, 0.4) is 0 Å². The number of ether oxygens (including phenoxy) is 1. The van der Waals surface area contributed by atoms with Gasteiger partial charge in [-0.25, -0.2) is 4.79 Å². The zero-order chi connectivity index (χ0) is 30.6. The zero-order valence-electron chi connectivity index (χ0n) is 24.6. The summed E-state index contributed by atoms with van der Waals surface area (Å²) in [5.41, 5.74) is 15.8. The van der Waals surface area contributed by atoms with Crippen molar-refractivity contribution in [3.8, 4) is 5.75 Å². The fourth-order valence-corrected chi connectivity index (χ4v) is 4.69. The highest BCUT2D eigenvalue weighted by atomic mass is 16.5. The molecule has 0 aliphatic carbocycles. The number of carboxylic acid groups (broad SMARTS) is 2. The molecule has 0 radical (unpaired) electrons. The van der Waals surface area contributed by atoms with Gasteiger partial charge in [-0.05, 0) is 67.1 Å². The lowest BCUT2D eigenvalue weighted by Gasteiger charge is -2.28. The lowest BCUT2D eigenvalue weighted by molar-refractivity contribution is -0.138. The van der Waals surface area contributed by atoms with Crippen molar-refractivity contribution in [2.45, 2.75) is 57.4 Å². The van der Waals surface area contributed by atoms with E-state index in [0.29, 0.717) is 37.7 Å². The van der Waals surface area contributed by atoms with Gasteiger partial charge in [-0.2, -0.15) is 0 Å². The first-order valence-electron chi connectivity index (χ1n) is 14.3. The summed E-state index contributed by atoms with van der Waals surface area (Å²) in [6.45, 7) is 6.25. The summed E-state index contributed by atoms with van der Waals surface area (Å²) in [6.07, 6.45) is 6.09. The highest BCUT2D eigenvalue weighted by Crippen LogP contribution is 2.38. The molecule has 10 heteroatoms. The number of unbranched alkanes of at least 4 members (excludes halogenated alkanes) is 1. The normalized spacial score (nSPS) is 14.6. The second-order valence-corrected chi connectivity index (χ2v) is 10.7. The van der Waals surface area contributed by atoms with Crippen molar-refractivity contribution in [2.24, 2.45) is 11.5 Å². The van der Waals surface area contributed by atoms with Gasteiger partial charge in [-0.3, -0.25) is 9.78 Å². The maximum Gasteiger partial charge on any atom is 0.337 e. The van der Waals surface area contributed by atoms with Gasteiger partial charge in [-0.1, -0.05) is 38.5 Å². The van der Waals surface area contributed by atoms with E-state index >= 15 is 0 Å². The number of carbonyl (C=O) groups is 2. The number of rotatable bonds is 12. The fraction of sp³-hybridized carbons (Fsp3) is 0.406. The lowest BCUT2D eigenvalue weighted by atomic mass is 9.92. The molecule has 0 saturated carbocycles. The third-order valence-electron chi connectivity index (χ3n) is 7.37. The number of hydrogen-bond acceptors (Lipinski definition) is 8. The first-order chi connectivity index (χ1) is 20.1. The van der Waals surface area contributed by atoms with Gasteiger partial charge in [0, 0.05) is 43.1 Å². The number of nitrogens with two attached hydrogens (primary N) is 2. The molecular weight excluding hydrogens is 534 g/mol. The van der Waals surface area contributed by atoms with E-state index in [9.17, 15) is 14.7 Å². The summed E-state index contributed by atoms with van der Waals surface area (Å²) < 4.78 is 5.98. The number of aromatic nitrogens is 1. The molecule has 3 aromatic rings. The number of benzene rings is 2. The summed E-state index contributed by atoms with van der Waals surface area (Å²) in [7, 11) is 2.06. The molecule has 0 amide bonds. The Morgan fingerprint density at radius 3 is 2.45 bits per heavy atom. The van der Waals surface area contributed by atoms with E-state index in [1.807, 2.05) is 0 Å². The average Bonchev–Trinajstić information content (AvgIpc) is 2.99. The van der Waals surface area contributed by atoms with Crippen LogP contribution in [0.5, 0.6) is 5.75 Å². The van der Waals surface area contributed by atoms with Gasteiger partial charge in [0.25, 0.3) is 0 Å². The van der Waals surface area contributed by atoms with Gasteiger partial charge in [0.2, 0.25) is 0 Å². The van der Waals surface area contributed by atoms with E-state index in [0.717, 1.165) is 42.0 Å². The van der Waals surface area contributed by atoms with Crippen LogP contribution >= 0.6 is 0 Å². The molecule has 0 saturated heterocycles. The first kappa shape index (κ1) is 32.4. The van der Waals surface area contributed by atoms with Gasteiger partial charge < -0.3 is 36.6 Å². The van der Waals surface area contributed by atoms with Crippen molar-refractivity contribution in [1.82, 2.24) is 4.98 Å². The lowest BCUT2D eigenvalue weighted by Crippen LogP contribution is -2.29. The fourth-order valence-electron chi connectivity index (χ4n) is 4.69. The summed E-state index contributed by atoms with van der Waals surface area (Å²) in [5.74, 6) is -0.273. The van der Waals surface area contributed by atoms with Crippen LogP contribution in [0.15, 0.2) is 60.9 Å². The van der Waals surface area contributed by atoms with Crippen LogP contribution in [0, 0.1) is 0 Å². The molecule has 1 aromatic heterocycles. The maximum absolute atomic E-state index is 11.4. The van der Waals surface area contributed by atoms with E-state index in [4.69, 9.17) is 21.3 Å². The van der Waals surface area contributed by atoms with Crippen LogP contribution in [-0.2, 0) is 4.79 Å². The summed E-state index contributed by atoms with van der Waals surface area (Å²) in [6, 6.07) is 15.8. The zero-order valence-corrected chi connectivity index (χ0v) is 24.6. The number of fused-ring (bicyclic) bond motifs is 1. The Hall–Kier alpha value is -4.15. The largest absolute Gasteiger partial charge is 0.493 e. The monoisotopic (exact) mass is 577 g/mol. The minimum Gasteiger partial charge on any atom is -0.493 e. The Bertz CT molecular complexity index is 1310. The molecular formula is C32H43N5O5. The predicted molar refractivity (Wildman–Crippen MR) is 166 cm³/mol. The minimum absolute atomic E-state index is 0.227. The highest BCUT2D eigenvalue weighted by molar-refractivity contribution is 5.93. The third-order valence-corrected chi connectivity index (χ3v) is 7.37. The van der Waals surface area contributed by atoms with E-state index in [-0.39, 0.29) is 11.5 Å². The standard InChI is InChI=1S/C26H29N3O3.C6H14N2O2/c1-17(2)18-4-6-20(7-5-18)29(3)21-8-9-22-19(11-13-32-25(22)14-21)15-28-24-16-27-12-10-23(24)26(30)31;7-4-2-1-3-5(8)6(9)10/h4-10,12,14,16-17,19,28H,11,13,15H2,1-3H3,(H,30,31);5H,1-4,7-8H2,(H,9,10)/t19-;/m0./s1. The van der Waals surface area contributed by atoms with Gasteiger partial charge in [-0.15, -0.1) is 0 Å². The van der Waals surface area contributed by atoms with Gasteiger partial charge in [0.1, 0.15) is 11.8 Å². The van der Waals surface area contributed by atoms with Crippen molar-refractivity contribution in [3.05, 3.63) is 77.6 Å². The quantitative estimate of drug-likeness (QED) is 0.181. The summed E-state index contributed by atoms with van der Waals surface area (Å²) >= 11 is 0. The summed E-state index contributed by atoms with van der Waals surface area (Å²) in [5, 5.41) is 21.0. The first-order valence-corrected chi connectivity index (χ1v) is 14.3. The molecule has 0 fully saturated rings. The average molecular weight is 578 g/mol. The molecule has 10 nitrogen and oxygen atoms in total. The molecule has 4 rings (SSSR count). The molecule has 2 atom stereocenters. The third kappa shape index (κ3) is 8.92. The highest BCUT2D eigenvalue weighted by Gasteiger charge is 2.23. The number of aromatic carboxylic acids is 1. The van der Waals surface area contributed by atoms with Crippen LogP contribution in [0.1, 0.15) is 72.9 Å². The SMILES string of the molecule is CC(C)c1ccc(N(C)c2ccc3c(c2)OCC[C@H]3CNc2cnccc2C(=O)O)cc1.NCCCCC(N)C(=O)O. The number of nitrogens with one attached hydrogen (secondary N) is 1. The number of nitrogens with zero attached hydrogens (tertiary/aromatic N) is 2. The Labute approximate surface area is 247 Å². The van der Waals surface area contributed by atoms with Crippen molar-refractivity contribution in [3.63, 3.8) is 0 Å². The van der Waals surface area contributed by atoms with Gasteiger partial charge >= 0.3 is 11.9 Å². The van der Waals surface area contributed by atoms with Crippen LogP contribution in [0.2, 0.25) is 0 Å². The second-order valence-electron chi connectivity index (χ2n) is 10.7. The van der Waals surface area contributed by atoms with Crippen molar-refractivity contribution in [1.29, 1.82) is 0 Å². The Kier molecular flexibility index (Phi) is 12.1. The molecule has 7 N–H and O–H groups in total. The van der Waals surface area contributed by atoms with Gasteiger partial charge in [0.15, 0.2) is 0 Å². The molecule has 1 unspecified atom stereocenters. The Morgan fingerprint density at radius 1 is 1.10 bits per heavy atom. The molecule has 2 aromatic carbocycles. The topological polar surface area (TPSA) is 164 Å². The van der Waals surface area contributed by atoms with E-state index in [1.165, 1.54) is 17.8 Å². The Morgan fingerprint density at radius 2 is 1.81 bits per heavy atom. The molecule has 1 aliphatic rings. The van der Waals surface area contributed by atoms with Crippen LogP contribution in [0.25, 0.3) is 0 Å². The molecule has 0 spiro atoms. The number of aliphatic carboxylic acids is 1. The number of anilines is 3. The number of hydrogen-bond donors (Lipinski definition) is 5.